The first-order chi connectivity index (χ1) is 17.1. The maximum Gasteiger partial charge on any atom is 0.243 e. The van der Waals surface area contributed by atoms with Gasteiger partial charge in [-0.15, -0.1) is 0 Å². The second kappa shape index (κ2) is 11.7. The zero-order valence-corrected chi connectivity index (χ0v) is 23.8. The molecule has 3 aromatic carbocycles. The van der Waals surface area contributed by atoms with Crippen LogP contribution in [-0.4, -0.2) is 56.3 Å². The highest BCUT2D eigenvalue weighted by atomic mass is 79.9. The number of anilines is 1. The van der Waals surface area contributed by atoms with E-state index in [0.29, 0.717) is 46.8 Å². The summed E-state index contributed by atoms with van der Waals surface area (Å²) in [5, 5.41) is 1.43. The molecule has 0 N–H and O–H groups in total. The molecule has 0 saturated carbocycles. The summed E-state index contributed by atoms with van der Waals surface area (Å²) in [5.74, 6) is -0.272. The van der Waals surface area contributed by atoms with Crippen LogP contribution in [0.2, 0.25) is 15.1 Å². The molecule has 1 heterocycles. The number of benzene rings is 3. The average molecular weight is 632 g/mol. The van der Waals surface area contributed by atoms with Crippen molar-refractivity contribution in [2.45, 2.75) is 11.4 Å². The van der Waals surface area contributed by atoms with Crippen molar-refractivity contribution >= 4 is 72.4 Å². The van der Waals surface area contributed by atoms with Crippen LogP contribution in [0.4, 0.5) is 5.69 Å². The molecule has 0 bridgehead atoms. The Kier molecular flexibility index (Phi) is 8.86. The highest BCUT2D eigenvalue weighted by Crippen LogP contribution is 2.26. The largest absolute Gasteiger partial charge is 0.368 e. The number of hydrogen-bond donors (Lipinski definition) is 0. The van der Waals surface area contributed by atoms with Crippen LogP contribution in [-0.2, 0) is 21.4 Å². The molecule has 1 saturated heterocycles. The van der Waals surface area contributed by atoms with Crippen LogP contribution in [0.3, 0.4) is 0 Å². The second-order valence-electron chi connectivity index (χ2n) is 8.31. The van der Waals surface area contributed by atoms with Crippen molar-refractivity contribution in [3.8, 4) is 0 Å². The Bertz CT molecular complexity index is 1350. The maximum absolute atomic E-state index is 13.6. The number of carbonyl (C=O) groups is 1. The summed E-state index contributed by atoms with van der Waals surface area (Å²) in [5.41, 5.74) is 1.55. The third-order valence-electron chi connectivity index (χ3n) is 5.93. The van der Waals surface area contributed by atoms with E-state index in [1.165, 1.54) is 12.1 Å². The molecule has 36 heavy (non-hydrogen) atoms. The Morgan fingerprint density at radius 1 is 0.889 bits per heavy atom. The molecule has 6 nitrogen and oxygen atoms in total. The van der Waals surface area contributed by atoms with Gasteiger partial charge >= 0.3 is 0 Å². The monoisotopic (exact) mass is 629 g/mol. The number of sulfonamides is 1. The van der Waals surface area contributed by atoms with Crippen LogP contribution in [0, 0.1) is 0 Å². The summed E-state index contributed by atoms with van der Waals surface area (Å²) < 4.78 is 29.0. The van der Waals surface area contributed by atoms with E-state index in [9.17, 15) is 13.2 Å². The van der Waals surface area contributed by atoms with E-state index in [2.05, 4.69) is 20.8 Å². The number of amides is 1. The number of piperazine rings is 1. The lowest BCUT2D eigenvalue weighted by molar-refractivity contribution is -0.131. The molecule has 0 radical (unpaired) electrons. The fourth-order valence-corrected chi connectivity index (χ4v) is 6.24. The minimum Gasteiger partial charge on any atom is -0.368 e. The molecule has 0 aliphatic carbocycles. The third-order valence-corrected chi connectivity index (χ3v) is 9.09. The van der Waals surface area contributed by atoms with Crippen molar-refractivity contribution in [2.75, 3.05) is 37.6 Å². The summed E-state index contributed by atoms with van der Waals surface area (Å²) in [7, 11) is -3.99. The number of halogens is 4. The fourth-order valence-electron chi connectivity index (χ4n) is 3.96. The third kappa shape index (κ3) is 6.54. The van der Waals surface area contributed by atoms with E-state index in [4.69, 9.17) is 34.8 Å². The standard InChI is InChI=1S/C25H23BrCl3N3O3S/c26-19-5-8-23(9-6-19)36(34,35)32(16-18-4-7-21(28)15-24(18)29)17-25(33)31-12-10-30(11-13-31)22-3-1-2-20(27)14-22/h1-9,14-15H,10-13,16-17H2. The molecule has 11 heteroatoms. The van der Waals surface area contributed by atoms with E-state index in [1.807, 2.05) is 24.3 Å². The second-order valence-corrected chi connectivity index (χ2v) is 12.4. The zero-order chi connectivity index (χ0) is 25.9. The van der Waals surface area contributed by atoms with Crippen molar-refractivity contribution < 1.29 is 13.2 Å². The van der Waals surface area contributed by atoms with Gasteiger partial charge in [0.15, 0.2) is 0 Å². The number of rotatable bonds is 7. The molecular weight excluding hydrogens is 609 g/mol. The molecule has 4 rings (SSSR count). The van der Waals surface area contributed by atoms with Gasteiger partial charge in [-0.05, 0) is 60.2 Å². The Hall–Kier alpha value is -1.81. The van der Waals surface area contributed by atoms with Crippen LogP contribution in [0.1, 0.15) is 5.56 Å². The Labute approximate surface area is 234 Å². The van der Waals surface area contributed by atoms with Gasteiger partial charge in [0, 0.05) is 58.0 Å². The molecule has 0 spiro atoms. The van der Waals surface area contributed by atoms with Gasteiger partial charge < -0.3 is 9.80 Å². The van der Waals surface area contributed by atoms with Crippen molar-refractivity contribution in [3.63, 3.8) is 0 Å². The molecule has 0 unspecified atom stereocenters. The van der Waals surface area contributed by atoms with Gasteiger partial charge in [-0.2, -0.15) is 4.31 Å². The first-order valence-electron chi connectivity index (χ1n) is 11.1. The lowest BCUT2D eigenvalue weighted by Gasteiger charge is -2.37. The summed E-state index contributed by atoms with van der Waals surface area (Å²) in [6.07, 6.45) is 0. The molecule has 0 atom stereocenters. The van der Waals surface area contributed by atoms with Crippen LogP contribution in [0.15, 0.2) is 76.1 Å². The molecule has 1 fully saturated rings. The first kappa shape index (κ1) is 27.2. The number of nitrogens with zero attached hydrogens (tertiary/aromatic N) is 3. The summed E-state index contributed by atoms with van der Waals surface area (Å²) in [6, 6.07) is 18.8. The smallest absolute Gasteiger partial charge is 0.243 e. The molecule has 190 valence electrons. The molecule has 1 aliphatic heterocycles. The van der Waals surface area contributed by atoms with E-state index in [-0.39, 0.29) is 23.9 Å². The van der Waals surface area contributed by atoms with Gasteiger partial charge in [-0.25, -0.2) is 8.42 Å². The Morgan fingerprint density at radius 2 is 1.56 bits per heavy atom. The Balaban J connectivity index is 1.52. The van der Waals surface area contributed by atoms with E-state index >= 15 is 0 Å². The summed E-state index contributed by atoms with van der Waals surface area (Å²) in [4.78, 5) is 17.2. The van der Waals surface area contributed by atoms with Crippen LogP contribution < -0.4 is 4.90 Å². The van der Waals surface area contributed by atoms with Crippen LogP contribution in [0.5, 0.6) is 0 Å². The van der Waals surface area contributed by atoms with Crippen molar-refractivity contribution in [1.82, 2.24) is 9.21 Å². The van der Waals surface area contributed by atoms with Gasteiger partial charge in [0.25, 0.3) is 0 Å². The quantitative estimate of drug-likeness (QED) is 0.324. The average Bonchev–Trinajstić information content (AvgIpc) is 2.85. The Morgan fingerprint density at radius 3 is 2.19 bits per heavy atom. The minimum atomic E-state index is -3.99. The zero-order valence-electron chi connectivity index (χ0n) is 19.1. The van der Waals surface area contributed by atoms with Gasteiger partial charge in [0.05, 0.1) is 11.4 Å². The van der Waals surface area contributed by atoms with Crippen molar-refractivity contribution in [2.24, 2.45) is 0 Å². The predicted molar refractivity (Wildman–Crippen MR) is 148 cm³/mol. The van der Waals surface area contributed by atoms with Gasteiger partial charge in [-0.3, -0.25) is 4.79 Å². The topological polar surface area (TPSA) is 60.9 Å². The maximum atomic E-state index is 13.6. The van der Waals surface area contributed by atoms with E-state index < -0.39 is 10.0 Å². The molecule has 0 aromatic heterocycles. The van der Waals surface area contributed by atoms with Crippen LogP contribution in [0.25, 0.3) is 0 Å². The highest BCUT2D eigenvalue weighted by molar-refractivity contribution is 9.10. The first-order valence-corrected chi connectivity index (χ1v) is 14.5. The molecule has 3 aromatic rings. The fraction of sp³-hybridized carbons (Fsp3) is 0.240. The minimum absolute atomic E-state index is 0.0668. The van der Waals surface area contributed by atoms with Gasteiger partial charge in [0.2, 0.25) is 15.9 Å². The van der Waals surface area contributed by atoms with E-state index in [1.54, 1.807) is 35.2 Å². The number of hydrogen-bond acceptors (Lipinski definition) is 4. The normalized spacial score (nSPS) is 14.4. The summed E-state index contributed by atoms with van der Waals surface area (Å²) >= 11 is 21.8. The molecule has 1 aliphatic rings. The predicted octanol–water partition coefficient (Wildman–Crippen LogP) is 5.95. The van der Waals surface area contributed by atoms with Crippen molar-refractivity contribution in [3.05, 3.63) is 91.8 Å². The molecule has 1 amide bonds. The van der Waals surface area contributed by atoms with Gasteiger partial charge in [-0.1, -0.05) is 62.9 Å². The van der Waals surface area contributed by atoms with Crippen LogP contribution >= 0.6 is 50.7 Å². The SMILES string of the molecule is O=C(CN(Cc1ccc(Cl)cc1Cl)S(=O)(=O)c1ccc(Br)cc1)N1CCN(c2cccc(Cl)c2)CC1. The van der Waals surface area contributed by atoms with E-state index in [0.717, 1.165) is 14.5 Å². The number of carbonyl (C=O) groups excluding carboxylic acids is 1. The highest BCUT2D eigenvalue weighted by Gasteiger charge is 2.30. The lowest BCUT2D eigenvalue weighted by Crippen LogP contribution is -2.51. The van der Waals surface area contributed by atoms with Gasteiger partial charge in [0.1, 0.15) is 0 Å². The lowest BCUT2D eigenvalue weighted by atomic mass is 10.2. The molecular formula is C25H23BrCl3N3O3S. The van der Waals surface area contributed by atoms with Crippen molar-refractivity contribution in [1.29, 1.82) is 0 Å². The summed E-state index contributed by atoms with van der Waals surface area (Å²) in [6.45, 7) is 1.80.